The highest BCUT2D eigenvalue weighted by molar-refractivity contribution is 7.80. The maximum Gasteiger partial charge on any atom is 0.248 e. The summed E-state index contributed by atoms with van der Waals surface area (Å²) in [7, 11) is 0. The number of nitrogens with one attached hydrogen (secondary N) is 1. The minimum atomic E-state index is -2.60. The second kappa shape index (κ2) is 5.71. The molecule has 1 rings (SSSR count). The number of carbonyl (C=O) groups excluding carboxylic acids is 1. The first kappa shape index (κ1) is 14.3. The molecule has 0 aromatic rings. The van der Waals surface area contributed by atoms with Crippen LogP contribution in [0.1, 0.15) is 39.0 Å². The van der Waals surface area contributed by atoms with Gasteiger partial charge in [-0.3, -0.25) is 4.79 Å². The predicted molar refractivity (Wildman–Crippen MR) is 65.9 cm³/mol. The lowest BCUT2D eigenvalue weighted by Gasteiger charge is -2.28. The fraction of sp³-hybridized carbons (Fsp3) is 0.818. The van der Waals surface area contributed by atoms with E-state index < -0.39 is 5.92 Å². The van der Waals surface area contributed by atoms with Gasteiger partial charge in [-0.2, -0.15) is 0 Å². The van der Waals surface area contributed by atoms with Gasteiger partial charge in [-0.1, -0.05) is 12.2 Å². The molecule has 0 aromatic heterocycles. The first-order chi connectivity index (χ1) is 7.80. The van der Waals surface area contributed by atoms with Gasteiger partial charge in [-0.25, -0.2) is 8.78 Å². The third-order valence-electron chi connectivity index (χ3n) is 2.98. The SMILES string of the molecule is CC(CC(N)=S)NC(=O)C1CCC(F)(F)CC1. The molecule has 0 saturated heterocycles. The van der Waals surface area contributed by atoms with Crippen LogP contribution in [0.4, 0.5) is 8.78 Å². The Morgan fingerprint density at radius 2 is 2.06 bits per heavy atom. The Kier molecular flexibility index (Phi) is 4.80. The highest BCUT2D eigenvalue weighted by Crippen LogP contribution is 2.36. The van der Waals surface area contributed by atoms with Crippen LogP contribution in [0.25, 0.3) is 0 Å². The molecule has 1 atom stereocenters. The number of halogens is 2. The van der Waals surface area contributed by atoms with Crippen molar-refractivity contribution in [3.05, 3.63) is 0 Å². The third kappa shape index (κ3) is 4.93. The summed E-state index contributed by atoms with van der Waals surface area (Å²) in [6, 6.07) is -0.137. The molecule has 6 heteroatoms. The van der Waals surface area contributed by atoms with Crippen LogP contribution < -0.4 is 11.1 Å². The number of amides is 1. The van der Waals surface area contributed by atoms with E-state index in [1.807, 2.05) is 0 Å². The van der Waals surface area contributed by atoms with Crippen LogP contribution in [0.15, 0.2) is 0 Å². The monoisotopic (exact) mass is 264 g/mol. The van der Waals surface area contributed by atoms with Gasteiger partial charge in [-0.05, 0) is 19.8 Å². The van der Waals surface area contributed by atoms with E-state index in [2.05, 4.69) is 5.32 Å². The van der Waals surface area contributed by atoms with E-state index in [-0.39, 0.29) is 43.6 Å². The van der Waals surface area contributed by atoms with Gasteiger partial charge in [0.15, 0.2) is 0 Å². The summed E-state index contributed by atoms with van der Waals surface area (Å²) in [6.07, 6.45) is 0.532. The molecule has 0 heterocycles. The standard InChI is InChI=1S/C11H18F2N2OS/c1-7(6-9(14)17)15-10(16)8-2-4-11(12,13)5-3-8/h7-8H,2-6H2,1H3,(H2,14,17)(H,15,16). The van der Waals surface area contributed by atoms with Crippen molar-refractivity contribution in [2.75, 3.05) is 0 Å². The Balaban J connectivity index is 2.36. The zero-order chi connectivity index (χ0) is 13.1. The van der Waals surface area contributed by atoms with Crippen molar-refractivity contribution in [3.63, 3.8) is 0 Å². The molecular formula is C11H18F2N2OS. The smallest absolute Gasteiger partial charge is 0.248 e. The van der Waals surface area contributed by atoms with E-state index in [0.717, 1.165) is 0 Å². The predicted octanol–water partition coefficient (Wildman–Crippen LogP) is 1.99. The van der Waals surface area contributed by atoms with Crippen LogP contribution >= 0.6 is 12.2 Å². The molecule has 0 radical (unpaired) electrons. The van der Waals surface area contributed by atoms with E-state index >= 15 is 0 Å². The van der Waals surface area contributed by atoms with Gasteiger partial charge in [0.1, 0.15) is 0 Å². The molecule has 17 heavy (non-hydrogen) atoms. The molecule has 1 aliphatic carbocycles. The van der Waals surface area contributed by atoms with Crippen molar-refractivity contribution in [1.82, 2.24) is 5.32 Å². The molecule has 0 aliphatic heterocycles. The second-order valence-corrected chi connectivity index (χ2v) is 5.23. The Bertz CT molecular complexity index is 300. The summed E-state index contributed by atoms with van der Waals surface area (Å²) in [5.74, 6) is -3.06. The molecule has 3 nitrogen and oxygen atoms in total. The summed E-state index contributed by atoms with van der Waals surface area (Å²) in [6.45, 7) is 1.80. The molecule has 1 saturated carbocycles. The zero-order valence-corrected chi connectivity index (χ0v) is 10.7. The van der Waals surface area contributed by atoms with E-state index in [4.69, 9.17) is 18.0 Å². The van der Waals surface area contributed by atoms with Crippen LogP contribution in [0.2, 0.25) is 0 Å². The van der Waals surface area contributed by atoms with Gasteiger partial charge < -0.3 is 11.1 Å². The van der Waals surface area contributed by atoms with Gasteiger partial charge in [0.2, 0.25) is 11.8 Å². The van der Waals surface area contributed by atoms with Gasteiger partial charge in [0.25, 0.3) is 0 Å². The minimum Gasteiger partial charge on any atom is -0.393 e. The van der Waals surface area contributed by atoms with Crippen LogP contribution in [0.3, 0.4) is 0 Å². The van der Waals surface area contributed by atoms with Gasteiger partial charge >= 0.3 is 0 Å². The lowest BCUT2D eigenvalue weighted by Crippen LogP contribution is -2.41. The average Bonchev–Trinajstić information content (AvgIpc) is 2.15. The number of carbonyl (C=O) groups is 1. The number of nitrogens with two attached hydrogens (primary N) is 1. The largest absolute Gasteiger partial charge is 0.393 e. The fourth-order valence-electron chi connectivity index (χ4n) is 2.02. The lowest BCUT2D eigenvalue weighted by molar-refractivity contribution is -0.129. The maximum atomic E-state index is 12.9. The number of thiocarbonyl (C=S) groups is 1. The van der Waals surface area contributed by atoms with Gasteiger partial charge in [0.05, 0.1) is 4.99 Å². The topological polar surface area (TPSA) is 55.1 Å². The first-order valence-corrected chi connectivity index (χ1v) is 6.17. The number of rotatable bonds is 4. The Labute approximate surface area is 105 Å². The normalized spacial score (nSPS) is 21.8. The summed E-state index contributed by atoms with van der Waals surface area (Å²) in [5.41, 5.74) is 5.36. The first-order valence-electron chi connectivity index (χ1n) is 5.76. The van der Waals surface area contributed by atoms with Crippen LogP contribution in [0.5, 0.6) is 0 Å². The summed E-state index contributed by atoms with van der Waals surface area (Å²) in [5, 5.41) is 2.76. The molecule has 1 aliphatic rings. The van der Waals surface area contributed by atoms with E-state index in [9.17, 15) is 13.6 Å². The van der Waals surface area contributed by atoms with E-state index in [1.165, 1.54) is 0 Å². The molecule has 0 spiro atoms. The summed E-state index contributed by atoms with van der Waals surface area (Å²) in [4.78, 5) is 12.1. The molecule has 0 aromatic carbocycles. The molecule has 1 unspecified atom stereocenters. The van der Waals surface area contributed by atoms with Crippen LogP contribution in [-0.4, -0.2) is 22.9 Å². The third-order valence-corrected chi connectivity index (χ3v) is 3.15. The molecular weight excluding hydrogens is 246 g/mol. The molecule has 1 amide bonds. The van der Waals surface area contributed by atoms with Crippen molar-refractivity contribution < 1.29 is 13.6 Å². The minimum absolute atomic E-state index is 0.137. The van der Waals surface area contributed by atoms with Crippen molar-refractivity contribution in [3.8, 4) is 0 Å². The molecule has 1 fully saturated rings. The Morgan fingerprint density at radius 3 is 2.53 bits per heavy atom. The van der Waals surface area contributed by atoms with Crippen molar-refractivity contribution in [1.29, 1.82) is 0 Å². The van der Waals surface area contributed by atoms with Gasteiger partial charge in [-0.15, -0.1) is 0 Å². The maximum absolute atomic E-state index is 12.9. The van der Waals surface area contributed by atoms with E-state index in [0.29, 0.717) is 11.4 Å². The quantitative estimate of drug-likeness (QED) is 0.764. The average molecular weight is 264 g/mol. The van der Waals surface area contributed by atoms with Crippen LogP contribution in [-0.2, 0) is 4.79 Å². The number of hydrogen-bond donors (Lipinski definition) is 2. The summed E-state index contributed by atoms with van der Waals surface area (Å²) < 4.78 is 25.8. The lowest BCUT2D eigenvalue weighted by atomic mass is 9.86. The zero-order valence-electron chi connectivity index (χ0n) is 9.84. The number of hydrogen-bond acceptors (Lipinski definition) is 2. The van der Waals surface area contributed by atoms with Crippen molar-refractivity contribution in [2.24, 2.45) is 11.7 Å². The summed E-state index contributed by atoms with van der Waals surface area (Å²) >= 11 is 4.74. The second-order valence-electron chi connectivity index (χ2n) is 4.71. The highest BCUT2D eigenvalue weighted by Gasteiger charge is 2.37. The molecule has 3 N–H and O–H groups in total. The Hall–Kier alpha value is -0.780. The molecule has 0 bridgehead atoms. The molecule has 98 valence electrons. The van der Waals surface area contributed by atoms with Gasteiger partial charge in [0, 0.05) is 31.2 Å². The van der Waals surface area contributed by atoms with Crippen molar-refractivity contribution in [2.45, 2.75) is 51.0 Å². The Morgan fingerprint density at radius 1 is 1.53 bits per heavy atom. The number of alkyl halides is 2. The van der Waals surface area contributed by atoms with Crippen molar-refractivity contribution >= 4 is 23.1 Å². The van der Waals surface area contributed by atoms with E-state index in [1.54, 1.807) is 6.92 Å². The fourth-order valence-corrected chi connectivity index (χ4v) is 2.27. The highest BCUT2D eigenvalue weighted by atomic mass is 32.1. The van der Waals surface area contributed by atoms with Crippen LogP contribution in [0, 0.1) is 5.92 Å².